The quantitative estimate of drug-likeness (QED) is 0.712. The van der Waals surface area contributed by atoms with Crippen LogP contribution in [0.25, 0.3) is 0 Å². The Morgan fingerprint density at radius 2 is 2.20 bits per heavy atom. The molecule has 3 rings (SSSR count). The van der Waals surface area contributed by atoms with Gasteiger partial charge in [-0.05, 0) is 6.07 Å². The van der Waals surface area contributed by atoms with E-state index in [9.17, 15) is 4.79 Å². The van der Waals surface area contributed by atoms with Gasteiger partial charge in [0.05, 0.1) is 13.2 Å². The number of likely N-dealkylation sites (tertiary alicyclic amines) is 1. The lowest BCUT2D eigenvalue weighted by Crippen LogP contribution is -2.30. The van der Waals surface area contributed by atoms with Crippen LogP contribution in [0.15, 0.2) is 12.3 Å². The molecule has 2 saturated heterocycles. The second kappa shape index (κ2) is 3.34. The largest absolute Gasteiger partial charge is 0.381 e. The first-order valence-corrected chi connectivity index (χ1v) is 5.21. The highest BCUT2D eigenvalue weighted by molar-refractivity contribution is 5.92. The van der Waals surface area contributed by atoms with Gasteiger partial charge in [0, 0.05) is 31.1 Å². The second-order valence-corrected chi connectivity index (χ2v) is 4.24. The molecule has 1 aromatic heterocycles. The number of H-pyrrole nitrogens is 1. The van der Waals surface area contributed by atoms with Gasteiger partial charge in [-0.25, -0.2) is 0 Å². The summed E-state index contributed by atoms with van der Waals surface area (Å²) in [6, 6.07) is 1.72. The molecule has 3 heterocycles. The monoisotopic (exact) mass is 207 g/mol. The highest BCUT2D eigenvalue weighted by Crippen LogP contribution is 2.29. The first-order valence-electron chi connectivity index (χ1n) is 5.21. The van der Waals surface area contributed by atoms with Crippen LogP contribution in [0.1, 0.15) is 10.5 Å². The molecule has 1 aromatic rings. The molecule has 0 bridgehead atoms. The fraction of sp³-hybridized carbons (Fsp3) is 0.600. The zero-order valence-corrected chi connectivity index (χ0v) is 8.35. The van der Waals surface area contributed by atoms with Gasteiger partial charge in [0.1, 0.15) is 5.69 Å². The van der Waals surface area contributed by atoms with E-state index >= 15 is 0 Å². The Balaban J connectivity index is 1.72. The summed E-state index contributed by atoms with van der Waals surface area (Å²) in [5.41, 5.74) is 0.580. The zero-order chi connectivity index (χ0) is 10.3. The number of fused-ring (bicyclic) bond motifs is 1. The maximum absolute atomic E-state index is 12.0. The molecule has 15 heavy (non-hydrogen) atoms. The summed E-state index contributed by atoms with van der Waals surface area (Å²) in [5, 5.41) is 6.50. The average Bonchev–Trinajstić information content (AvgIpc) is 2.92. The van der Waals surface area contributed by atoms with Crippen LogP contribution in [0.5, 0.6) is 0 Å². The number of hydrogen-bond donors (Lipinski definition) is 1. The van der Waals surface area contributed by atoms with Gasteiger partial charge in [0.25, 0.3) is 5.91 Å². The summed E-state index contributed by atoms with van der Waals surface area (Å²) in [4.78, 5) is 13.8. The van der Waals surface area contributed by atoms with E-state index in [-0.39, 0.29) is 5.91 Å². The third-order valence-corrected chi connectivity index (χ3v) is 3.26. The van der Waals surface area contributed by atoms with Crippen LogP contribution in [0.3, 0.4) is 0 Å². The lowest BCUT2D eigenvalue weighted by Gasteiger charge is -2.15. The van der Waals surface area contributed by atoms with Crippen molar-refractivity contribution in [2.45, 2.75) is 0 Å². The normalized spacial score (nSPS) is 29.5. The van der Waals surface area contributed by atoms with E-state index in [2.05, 4.69) is 10.2 Å². The lowest BCUT2D eigenvalue weighted by atomic mass is 10.0. The van der Waals surface area contributed by atoms with Gasteiger partial charge in [-0.15, -0.1) is 0 Å². The van der Waals surface area contributed by atoms with Crippen LogP contribution in [0, 0.1) is 11.8 Å². The van der Waals surface area contributed by atoms with E-state index in [4.69, 9.17) is 4.74 Å². The number of carbonyl (C=O) groups is 1. The highest BCUT2D eigenvalue weighted by Gasteiger charge is 2.39. The summed E-state index contributed by atoms with van der Waals surface area (Å²) >= 11 is 0. The van der Waals surface area contributed by atoms with Crippen molar-refractivity contribution in [3.63, 3.8) is 0 Å². The van der Waals surface area contributed by atoms with Gasteiger partial charge in [0.2, 0.25) is 0 Å². The van der Waals surface area contributed by atoms with Crippen LogP contribution in [0.2, 0.25) is 0 Å². The second-order valence-electron chi connectivity index (χ2n) is 4.24. The topological polar surface area (TPSA) is 58.2 Å². The molecule has 0 radical (unpaired) electrons. The van der Waals surface area contributed by atoms with E-state index in [0.717, 1.165) is 26.3 Å². The third kappa shape index (κ3) is 1.43. The molecule has 1 amide bonds. The molecule has 5 nitrogen and oxygen atoms in total. The first kappa shape index (κ1) is 8.91. The molecule has 0 unspecified atom stereocenters. The van der Waals surface area contributed by atoms with Crippen LogP contribution in [-0.4, -0.2) is 47.3 Å². The highest BCUT2D eigenvalue weighted by atomic mass is 16.5. The van der Waals surface area contributed by atoms with Gasteiger partial charge in [0.15, 0.2) is 0 Å². The summed E-state index contributed by atoms with van der Waals surface area (Å²) in [6.07, 6.45) is 1.60. The Kier molecular flexibility index (Phi) is 1.98. The number of ether oxygens (including phenoxy) is 1. The van der Waals surface area contributed by atoms with Crippen molar-refractivity contribution in [3.05, 3.63) is 18.0 Å². The number of aromatic amines is 1. The van der Waals surface area contributed by atoms with Crippen molar-refractivity contribution in [1.82, 2.24) is 15.1 Å². The predicted octanol–water partition coefficient (Wildman–Crippen LogP) is 0.128. The van der Waals surface area contributed by atoms with E-state index in [1.165, 1.54) is 0 Å². The Hall–Kier alpha value is -1.36. The average molecular weight is 207 g/mol. The summed E-state index contributed by atoms with van der Waals surface area (Å²) in [7, 11) is 0. The minimum atomic E-state index is 0.0573. The summed E-state index contributed by atoms with van der Waals surface area (Å²) in [5.74, 6) is 1.13. The van der Waals surface area contributed by atoms with E-state index in [0.29, 0.717) is 17.5 Å². The van der Waals surface area contributed by atoms with Gasteiger partial charge >= 0.3 is 0 Å². The molecular formula is C10H13N3O2. The summed E-state index contributed by atoms with van der Waals surface area (Å²) in [6.45, 7) is 3.25. The SMILES string of the molecule is O=C(c1ccn[nH]1)N1C[C@H]2COC[C@@H]2C1. The van der Waals surface area contributed by atoms with Gasteiger partial charge in [-0.1, -0.05) is 0 Å². The maximum Gasteiger partial charge on any atom is 0.271 e. The molecule has 0 saturated carbocycles. The molecule has 2 fully saturated rings. The Morgan fingerprint density at radius 3 is 2.80 bits per heavy atom. The summed E-state index contributed by atoms with van der Waals surface area (Å²) < 4.78 is 5.37. The lowest BCUT2D eigenvalue weighted by molar-refractivity contribution is 0.0745. The van der Waals surface area contributed by atoms with Crippen LogP contribution >= 0.6 is 0 Å². The Labute approximate surface area is 87.4 Å². The molecule has 2 atom stereocenters. The van der Waals surface area contributed by atoms with Crippen LogP contribution in [-0.2, 0) is 4.74 Å². The Morgan fingerprint density at radius 1 is 1.47 bits per heavy atom. The van der Waals surface area contributed by atoms with Crippen molar-refractivity contribution >= 4 is 5.91 Å². The molecule has 1 N–H and O–H groups in total. The van der Waals surface area contributed by atoms with E-state index in [1.54, 1.807) is 12.3 Å². The van der Waals surface area contributed by atoms with Gasteiger partial charge in [-0.2, -0.15) is 5.10 Å². The van der Waals surface area contributed by atoms with Crippen molar-refractivity contribution in [1.29, 1.82) is 0 Å². The number of hydrogen-bond acceptors (Lipinski definition) is 3. The predicted molar refractivity (Wildman–Crippen MR) is 52.3 cm³/mol. The first-order chi connectivity index (χ1) is 7.34. The molecule has 80 valence electrons. The number of carbonyl (C=O) groups excluding carboxylic acids is 1. The molecule has 5 heteroatoms. The molecule has 2 aliphatic heterocycles. The van der Waals surface area contributed by atoms with Crippen LogP contribution in [0.4, 0.5) is 0 Å². The van der Waals surface area contributed by atoms with Gasteiger partial charge in [-0.3, -0.25) is 9.89 Å². The van der Waals surface area contributed by atoms with E-state index in [1.807, 2.05) is 4.90 Å². The number of aromatic nitrogens is 2. The van der Waals surface area contributed by atoms with Crippen molar-refractivity contribution < 1.29 is 9.53 Å². The van der Waals surface area contributed by atoms with E-state index < -0.39 is 0 Å². The minimum absolute atomic E-state index is 0.0573. The van der Waals surface area contributed by atoms with Crippen molar-refractivity contribution in [2.24, 2.45) is 11.8 Å². The standard InChI is InChI=1S/C10H13N3O2/c14-10(9-1-2-11-12-9)13-3-7-5-15-6-8(7)4-13/h1-2,7-8H,3-6H2,(H,11,12)/t7-,8-/m0/s1. The number of nitrogens with zero attached hydrogens (tertiary/aromatic N) is 2. The van der Waals surface area contributed by atoms with Gasteiger partial charge < -0.3 is 9.64 Å². The van der Waals surface area contributed by atoms with Crippen LogP contribution < -0.4 is 0 Å². The third-order valence-electron chi connectivity index (χ3n) is 3.26. The zero-order valence-electron chi connectivity index (χ0n) is 8.35. The van der Waals surface area contributed by atoms with Crippen molar-refractivity contribution in [2.75, 3.05) is 26.3 Å². The maximum atomic E-state index is 12.0. The fourth-order valence-corrected chi connectivity index (χ4v) is 2.40. The molecule has 0 spiro atoms. The number of rotatable bonds is 1. The van der Waals surface area contributed by atoms with Crippen molar-refractivity contribution in [3.8, 4) is 0 Å². The molecule has 0 aromatic carbocycles. The fourth-order valence-electron chi connectivity index (χ4n) is 2.40. The molecular weight excluding hydrogens is 194 g/mol. The molecule has 0 aliphatic carbocycles. The number of amides is 1. The Bertz CT molecular complexity index is 351. The minimum Gasteiger partial charge on any atom is -0.381 e. The molecule has 2 aliphatic rings. The number of nitrogens with one attached hydrogen (secondary N) is 1. The smallest absolute Gasteiger partial charge is 0.271 e.